The summed E-state index contributed by atoms with van der Waals surface area (Å²) in [5.41, 5.74) is 1.62. The van der Waals surface area contributed by atoms with E-state index in [1.165, 1.54) is 6.26 Å². The van der Waals surface area contributed by atoms with E-state index in [0.717, 1.165) is 47.2 Å². The minimum atomic E-state index is -3.21. The summed E-state index contributed by atoms with van der Waals surface area (Å²) in [6, 6.07) is 6.78. The molecule has 10 heteroatoms. The van der Waals surface area contributed by atoms with Gasteiger partial charge in [0.15, 0.2) is 9.84 Å². The highest BCUT2D eigenvalue weighted by atomic mass is 32.2. The van der Waals surface area contributed by atoms with E-state index in [2.05, 4.69) is 4.98 Å². The average Bonchev–Trinajstić information content (AvgIpc) is 3.26. The first kappa shape index (κ1) is 19.8. The maximum atomic E-state index is 12.1. The Hall–Kier alpha value is -2.46. The van der Waals surface area contributed by atoms with Crippen LogP contribution in [0.15, 0.2) is 35.4 Å². The third-order valence-corrected chi connectivity index (χ3v) is 7.35. The monoisotopic (exact) mass is 433 g/mol. The molecule has 3 heterocycles. The number of carbonyl (C=O) groups is 1. The molecule has 29 heavy (non-hydrogen) atoms. The number of carbonyl (C=O) groups excluding carboxylic acids is 1. The van der Waals surface area contributed by atoms with Gasteiger partial charge in [0.25, 0.3) is 0 Å². The van der Waals surface area contributed by atoms with Crippen molar-refractivity contribution in [3.63, 3.8) is 0 Å². The molecule has 0 saturated carbocycles. The summed E-state index contributed by atoms with van der Waals surface area (Å²) in [6.07, 6.45) is 4.86. The molecule has 4 rings (SSSR count). The van der Waals surface area contributed by atoms with Crippen LogP contribution >= 0.6 is 11.3 Å². The van der Waals surface area contributed by atoms with E-state index in [4.69, 9.17) is 5.10 Å². The third-order valence-electron chi connectivity index (χ3n) is 5.13. The van der Waals surface area contributed by atoms with E-state index in [9.17, 15) is 13.2 Å². The van der Waals surface area contributed by atoms with Crippen LogP contribution in [0, 0.1) is 0 Å². The molecule has 1 fully saturated rings. The van der Waals surface area contributed by atoms with Crippen LogP contribution in [0.25, 0.3) is 16.2 Å². The summed E-state index contributed by atoms with van der Waals surface area (Å²) >= 11 is 1.57. The smallest absolute Gasteiger partial charge is 0.319 e. The van der Waals surface area contributed by atoms with Gasteiger partial charge in [-0.2, -0.15) is 5.10 Å². The van der Waals surface area contributed by atoms with Crippen molar-refractivity contribution in [1.82, 2.24) is 24.4 Å². The molecular weight excluding hydrogens is 410 g/mol. The lowest BCUT2D eigenvalue weighted by Gasteiger charge is -2.32. The van der Waals surface area contributed by atoms with Crippen molar-refractivity contribution in [1.29, 1.82) is 0 Å². The fourth-order valence-electron chi connectivity index (χ4n) is 3.49. The number of likely N-dealkylation sites (tertiary alicyclic amines) is 1. The van der Waals surface area contributed by atoms with E-state index in [0.29, 0.717) is 10.8 Å². The van der Waals surface area contributed by atoms with Gasteiger partial charge < -0.3 is 9.80 Å². The van der Waals surface area contributed by atoms with E-state index in [1.807, 2.05) is 11.1 Å². The van der Waals surface area contributed by atoms with Crippen molar-refractivity contribution >= 4 is 32.2 Å². The number of rotatable bonds is 3. The molecule has 0 spiro atoms. The summed E-state index contributed by atoms with van der Waals surface area (Å²) in [5, 5.41) is 5.75. The quantitative estimate of drug-likeness (QED) is 0.634. The van der Waals surface area contributed by atoms with Gasteiger partial charge in [-0.05, 0) is 25.0 Å². The van der Waals surface area contributed by atoms with Gasteiger partial charge in [-0.25, -0.2) is 22.7 Å². The molecule has 2 amide bonds. The van der Waals surface area contributed by atoms with E-state index in [1.54, 1.807) is 59.1 Å². The number of piperidine rings is 1. The highest BCUT2D eigenvalue weighted by Crippen LogP contribution is 2.32. The molecule has 154 valence electrons. The maximum Gasteiger partial charge on any atom is 0.319 e. The molecule has 8 nitrogen and oxygen atoms in total. The van der Waals surface area contributed by atoms with Gasteiger partial charge in [0.1, 0.15) is 5.01 Å². The van der Waals surface area contributed by atoms with Crippen molar-refractivity contribution in [3.05, 3.63) is 35.5 Å². The van der Waals surface area contributed by atoms with Crippen LogP contribution in [0.3, 0.4) is 0 Å². The molecule has 0 bridgehead atoms. The molecule has 1 saturated heterocycles. The topological polar surface area (TPSA) is 87.9 Å². The highest BCUT2D eigenvalue weighted by Gasteiger charge is 2.27. The van der Waals surface area contributed by atoms with Crippen molar-refractivity contribution in [2.24, 2.45) is 0 Å². The third kappa shape index (κ3) is 3.99. The zero-order chi connectivity index (χ0) is 20.8. The van der Waals surface area contributed by atoms with Crippen LogP contribution in [0.5, 0.6) is 0 Å². The van der Waals surface area contributed by atoms with E-state index in [-0.39, 0.29) is 6.03 Å². The normalized spacial score (nSPS) is 15.8. The molecule has 0 aliphatic carbocycles. The molecule has 0 radical (unpaired) electrons. The molecule has 1 aromatic carbocycles. The second kappa shape index (κ2) is 7.42. The van der Waals surface area contributed by atoms with Crippen LogP contribution in [-0.2, 0) is 9.84 Å². The highest BCUT2D eigenvalue weighted by molar-refractivity contribution is 7.90. The Morgan fingerprint density at radius 3 is 2.38 bits per heavy atom. The fraction of sp³-hybridized carbons (Fsp3) is 0.421. The lowest BCUT2D eigenvalue weighted by Crippen LogP contribution is -2.43. The molecule has 2 aromatic heterocycles. The number of nitrogens with zero attached hydrogens (tertiary/aromatic N) is 5. The summed E-state index contributed by atoms with van der Waals surface area (Å²) in [5.74, 6) is 0.338. The standard InChI is InChI=1S/C19H23N5O3S2/c1-22(2)19(25)23-10-8-14(9-11-23)17-21-24-12-16(20-18(24)28-17)13-4-6-15(7-5-13)29(3,26)27/h4-7,12,14H,8-11H2,1-3H3. The Morgan fingerprint density at radius 2 is 1.83 bits per heavy atom. The van der Waals surface area contributed by atoms with Crippen LogP contribution in [0.4, 0.5) is 4.79 Å². The number of sulfone groups is 1. The van der Waals surface area contributed by atoms with Gasteiger partial charge in [0, 0.05) is 44.9 Å². The van der Waals surface area contributed by atoms with Crippen LogP contribution < -0.4 is 0 Å². The zero-order valence-electron chi connectivity index (χ0n) is 16.6. The molecule has 0 unspecified atom stereocenters. The Labute approximate surface area is 173 Å². The Morgan fingerprint density at radius 1 is 1.17 bits per heavy atom. The van der Waals surface area contributed by atoms with Crippen LogP contribution in [-0.4, -0.2) is 72.3 Å². The molecule has 0 atom stereocenters. The maximum absolute atomic E-state index is 12.1. The summed E-state index contributed by atoms with van der Waals surface area (Å²) < 4.78 is 25.0. The largest absolute Gasteiger partial charge is 0.331 e. The van der Waals surface area contributed by atoms with Gasteiger partial charge in [0.05, 0.1) is 16.8 Å². The summed E-state index contributed by atoms with van der Waals surface area (Å²) in [6.45, 7) is 1.48. The van der Waals surface area contributed by atoms with Gasteiger partial charge in [-0.15, -0.1) is 0 Å². The van der Waals surface area contributed by atoms with Gasteiger partial charge >= 0.3 is 6.03 Å². The van der Waals surface area contributed by atoms with Gasteiger partial charge in [-0.1, -0.05) is 23.5 Å². The lowest BCUT2D eigenvalue weighted by molar-refractivity contribution is 0.156. The number of fused-ring (bicyclic) bond motifs is 1. The predicted octanol–water partition coefficient (Wildman–Crippen LogP) is 2.72. The van der Waals surface area contributed by atoms with Crippen molar-refractivity contribution < 1.29 is 13.2 Å². The van der Waals surface area contributed by atoms with E-state index >= 15 is 0 Å². The molecule has 0 N–H and O–H groups in total. The minimum absolute atomic E-state index is 0.0592. The average molecular weight is 434 g/mol. The first-order valence-electron chi connectivity index (χ1n) is 9.35. The molecule has 3 aromatic rings. The fourth-order valence-corrected chi connectivity index (χ4v) is 5.17. The predicted molar refractivity (Wildman–Crippen MR) is 112 cm³/mol. The number of urea groups is 1. The zero-order valence-corrected chi connectivity index (χ0v) is 18.2. The SMILES string of the molecule is CN(C)C(=O)N1CCC(c2nn3cc(-c4ccc(S(C)(=O)=O)cc4)nc3s2)CC1. The number of hydrogen-bond acceptors (Lipinski definition) is 6. The summed E-state index contributed by atoms with van der Waals surface area (Å²) in [7, 11) is 0.338. The number of aromatic nitrogens is 3. The molecule has 1 aliphatic heterocycles. The van der Waals surface area contributed by atoms with Crippen molar-refractivity contribution in [2.45, 2.75) is 23.7 Å². The number of imidazole rings is 1. The Bertz CT molecular complexity index is 1110. The lowest BCUT2D eigenvalue weighted by atomic mass is 9.98. The molecule has 1 aliphatic rings. The van der Waals surface area contributed by atoms with Gasteiger partial charge in [0.2, 0.25) is 4.96 Å². The second-order valence-corrected chi connectivity index (χ2v) is 10.5. The van der Waals surface area contributed by atoms with Gasteiger partial charge in [-0.3, -0.25) is 0 Å². The van der Waals surface area contributed by atoms with Crippen LogP contribution in [0.1, 0.15) is 23.8 Å². The number of benzene rings is 1. The van der Waals surface area contributed by atoms with Crippen molar-refractivity contribution in [2.75, 3.05) is 33.4 Å². The number of amides is 2. The second-order valence-electron chi connectivity index (χ2n) is 7.53. The minimum Gasteiger partial charge on any atom is -0.331 e. The summed E-state index contributed by atoms with van der Waals surface area (Å²) in [4.78, 5) is 21.3. The first-order valence-corrected chi connectivity index (χ1v) is 12.1. The number of hydrogen-bond donors (Lipinski definition) is 0. The van der Waals surface area contributed by atoms with Crippen LogP contribution in [0.2, 0.25) is 0 Å². The molecular formula is C19H23N5O3S2. The first-order chi connectivity index (χ1) is 13.7. The Kier molecular flexibility index (Phi) is 5.07. The Balaban J connectivity index is 1.48. The van der Waals surface area contributed by atoms with E-state index < -0.39 is 9.84 Å². The van der Waals surface area contributed by atoms with Crippen molar-refractivity contribution in [3.8, 4) is 11.3 Å².